The SMILES string of the molecule is O=C(C1CCCN1C(=O)c1ccccc1)N1CCC(N2Cc3ccccc3C2=O)CC1. The molecule has 5 rings (SSSR count). The third-order valence-corrected chi connectivity index (χ3v) is 6.89. The summed E-state index contributed by atoms with van der Waals surface area (Å²) in [4.78, 5) is 44.6. The fourth-order valence-corrected chi connectivity index (χ4v) is 5.19. The Kier molecular flexibility index (Phi) is 5.22. The zero-order valence-electron chi connectivity index (χ0n) is 17.6. The van der Waals surface area contributed by atoms with Gasteiger partial charge >= 0.3 is 0 Å². The maximum Gasteiger partial charge on any atom is 0.254 e. The van der Waals surface area contributed by atoms with Crippen LogP contribution in [-0.2, 0) is 11.3 Å². The molecular weight excluding hydrogens is 390 g/mol. The van der Waals surface area contributed by atoms with E-state index in [9.17, 15) is 14.4 Å². The number of fused-ring (bicyclic) bond motifs is 1. The third-order valence-electron chi connectivity index (χ3n) is 6.89. The molecule has 31 heavy (non-hydrogen) atoms. The first-order chi connectivity index (χ1) is 15.1. The Labute approximate surface area is 182 Å². The fourth-order valence-electron chi connectivity index (χ4n) is 5.19. The normalized spacial score (nSPS) is 21.5. The summed E-state index contributed by atoms with van der Waals surface area (Å²) in [6.45, 7) is 2.55. The van der Waals surface area contributed by atoms with Crippen molar-refractivity contribution >= 4 is 17.7 Å². The van der Waals surface area contributed by atoms with Gasteiger partial charge in [-0.2, -0.15) is 0 Å². The van der Waals surface area contributed by atoms with E-state index < -0.39 is 0 Å². The summed E-state index contributed by atoms with van der Waals surface area (Å²) in [6.07, 6.45) is 3.14. The van der Waals surface area contributed by atoms with Crippen molar-refractivity contribution in [3.63, 3.8) is 0 Å². The minimum atomic E-state index is -0.373. The lowest BCUT2D eigenvalue weighted by molar-refractivity contribution is -0.136. The van der Waals surface area contributed by atoms with Crippen molar-refractivity contribution in [1.82, 2.24) is 14.7 Å². The van der Waals surface area contributed by atoms with Gasteiger partial charge in [0.2, 0.25) is 5.91 Å². The van der Waals surface area contributed by atoms with Gasteiger partial charge in [0.15, 0.2) is 0 Å². The van der Waals surface area contributed by atoms with Crippen LogP contribution in [0.1, 0.15) is 52.0 Å². The molecule has 2 fully saturated rings. The van der Waals surface area contributed by atoms with Gasteiger partial charge in [0.25, 0.3) is 11.8 Å². The lowest BCUT2D eigenvalue weighted by Crippen LogP contribution is -2.52. The molecule has 0 aromatic heterocycles. The van der Waals surface area contributed by atoms with E-state index in [0.717, 1.165) is 36.8 Å². The molecule has 0 aliphatic carbocycles. The Balaban J connectivity index is 1.21. The highest BCUT2D eigenvalue weighted by Crippen LogP contribution is 2.29. The quantitative estimate of drug-likeness (QED) is 0.772. The molecule has 3 aliphatic rings. The van der Waals surface area contributed by atoms with Crippen LogP contribution in [0.25, 0.3) is 0 Å². The van der Waals surface area contributed by atoms with E-state index in [2.05, 4.69) is 0 Å². The van der Waals surface area contributed by atoms with Crippen LogP contribution in [0.5, 0.6) is 0 Å². The first-order valence-corrected chi connectivity index (χ1v) is 11.2. The van der Waals surface area contributed by atoms with Gasteiger partial charge in [-0.05, 0) is 49.4 Å². The maximum absolute atomic E-state index is 13.3. The lowest BCUT2D eigenvalue weighted by atomic mass is 10.0. The zero-order valence-corrected chi connectivity index (χ0v) is 17.6. The summed E-state index contributed by atoms with van der Waals surface area (Å²) in [6, 6.07) is 16.8. The summed E-state index contributed by atoms with van der Waals surface area (Å²) in [5.41, 5.74) is 2.53. The monoisotopic (exact) mass is 417 g/mol. The van der Waals surface area contributed by atoms with Crippen molar-refractivity contribution < 1.29 is 14.4 Å². The van der Waals surface area contributed by atoms with Crippen molar-refractivity contribution in [3.8, 4) is 0 Å². The zero-order chi connectivity index (χ0) is 21.4. The fraction of sp³-hybridized carbons (Fsp3) is 0.400. The van der Waals surface area contributed by atoms with Crippen molar-refractivity contribution in [2.24, 2.45) is 0 Å². The summed E-state index contributed by atoms with van der Waals surface area (Å²) in [7, 11) is 0. The van der Waals surface area contributed by atoms with Crippen molar-refractivity contribution in [3.05, 3.63) is 71.3 Å². The molecule has 2 aromatic carbocycles. The van der Waals surface area contributed by atoms with Gasteiger partial charge in [-0.1, -0.05) is 36.4 Å². The van der Waals surface area contributed by atoms with Gasteiger partial charge in [-0.25, -0.2) is 0 Å². The number of piperidine rings is 1. The average molecular weight is 418 g/mol. The van der Waals surface area contributed by atoms with E-state index >= 15 is 0 Å². The molecule has 6 nitrogen and oxygen atoms in total. The van der Waals surface area contributed by atoms with Crippen molar-refractivity contribution in [2.45, 2.75) is 44.3 Å². The standard InChI is InChI=1S/C25H27N3O3/c29-23(18-7-2-1-3-8-18)27-14-6-11-22(27)25(31)26-15-12-20(13-16-26)28-17-19-9-4-5-10-21(19)24(28)30/h1-5,7-10,20,22H,6,11-17H2. The molecule has 0 saturated carbocycles. The number of nitrogens with zero attached hydrogens (tertiary/aromatic N) is 3. The van der Waals surface area contributed by atoms with Gasteiger partial charge in [-0.3, -0.25) is 14.4 Å². The highest BCUT2D eigenvalue weighted by atomic mass is 16.2. The second kappa shape index (κ2) is 8.17. The van der Waals surface area contributed by atoms with E-state index in [-0.39, 0.29) is 29.8 Å². The molecule has 0 radical (unpaired) electrons. The first kappa shape index (κ1) is 19.8. The molecule has 2 saturated heterocycles. The number of carbonyl (C=O) groups excluding carboxylic acids is 3. The highest BCUT2D eigenvalue weighted by Gasteiger charge is 2.39. The average Bonchev–Trinajstić information content (AvgIpc) is 3.44. The summed E-state index contributed by atoms with van der Waals surface area (Å²) < 4.78 is 0. The van der Waals surface area contributed by atoms with E-state index in [4.69, 9.17) is 0 Å². The molecule has 0 bridgehead atoms. The number of hydrogen-bond acceptors (Lipinski definition) is 3. The molecule has 0 N–H and O–H groups in total. The van der Waals surface area contributed by atoms with E-state index in [1.165, 1.54) is 0 Å². The lowest BCUT2D eigenvalue weighted by Gasteiger charge is -2.38. The van der Waals surface area contributed by atoms with Crippen molar-refractivity contribution in [2.75, 3.05) is 19.6 Å². The van der Waals surface area contributed by atoms with Crippen molar-refractivity contribution in [1.29, 1.82) is 0 Å². The van der Waals surface area contributed by atoms with E-state index in [0.29, 0.717) is 31.7 Å². The Morgan fingerprint density at radius 3 is 2.29 bits per heavy atom. The van der Waals surface area contributed by atoms with Gasteiger partial charge in [0.05, 0.1) is 0 Å². The van der Waals surface area contributed by atoms with Crippen LogP contribution in [0.3, 0.4) is 0 Å². The largest absolute Gasteiger partial charge is 0.341 e. The number of hydrogen-bond donors (Lipinski definition) is 0. The molecule has 1 atom stereocenters. The summed E-state index contributed by atoms with van der Waals surface area (Å²) >= 11 is 0. The van der Waals surface area contributed by atoms with Gasteiger partial charge in [0.1, 0.15) is 6.04 Å². The van der Waals surface area contributed by atoms with Crippen LogP contribution in [0.15, 0.2) is 54.6 Å². The Morgan fingerprint density at radius 1 is 0.839 bits per heavy atom. The van der Waals surface area contributed by atoms with Gasteiger partial charge < -0.3 is 14.7 Å². The Morgan fingerprint density at radius 2 is 1.55 bits per heavy atom. The first-order valence-electron chi connectivity index (χ1n) is 11.2. The van der Waals surface area contributed by atoms with Crippen LogP contribution in [0.2, 0.25) is 0 Å². The van der Waals surface area contributed by atoms with Crippen LogP contribution in [-0.4, -0.2) is 64.1 Å². The molecule has 3 amide bonds. The van der Waals surface area contributed by atoms with Crippen LogP contribution in [0, 0.1) is 0 Å². The molecule has 0 spiro atoms. The van der Waals surface area contributed by atoms with E-state index in [1.54, 1.807) is 17.0 Å². The summed E-state index contributed by atoms with van der Waals surface area (Å²) in [5, 5.41) is 0. The molecular formula is C25H27N3O3. The molecule has 2 aromatic rings. The predicted molar refractivity (Wildman–Crippen MR) is 116 cm³/mol. The third kappa shape index (κ3) is 3.60. The number of amides is 3. The van der Waals surface area contributed by atoms with Gasteiger partial charge in [-0.15, -0.1) is 0 Å². The molecule has 6 heteroatoms. The molecule has 3 aliphatic heterocycles. The number of carbonyl (C=O) groups is 3. The van der Waals surface area contributed by atoms with E-state index in [1.807, 2.05) is 52.3 Å². The summed E-state index contributed by atoms with van der Waals surface area (Å²) in [5.74, 6) is 0.0961. The smallest absolute Gasteiger partial charge is 0.254 e. The Hall–Kier alpha value is -3.15. The minimum Gasteiger partial charge on any atom is -0.341 e. The maximum atomic E-state index is 13.3. The molecule has 1 unspecified atom stereocenters. The van der Waals surface area contributed by atoms with Crippen LogP contribution in [0.4, 0.5) is 0 Å². The predicted octanol–water partition coefficient (Wildman–Crippen LogP) is 2.94. The second-order valence-corrected chi connectivity index (χ2v) is 8.67. The number of likely N-dealkylation sites (tertiary alicyclic amines) is 2. The topological polar surface area (TPSA) is 60.9 Å². The number of rotatable bonds is 3. The van der Waals surface area contributed by atoms with Crippen LogP contribution >= 0.6 is 0 Å². The second-order valence-electron chi connectivity index (χ2n) is 8.67. The van der Waals surface area contributed by atoms with Crippen LogP contribution < -0.4 is 0 Å². The van der Waals surface area contributed by atoms with Gasteiger partial charge in [0, 0.05) is 43.3 Å². The number of benzene rings is 2. The molecule has 3 heterocycles. The minimum absolute atomic E-state index is 0.0521. The highest BCUT2D eigenvalue weighted by molar-refractivity contribution is 5.99. The molecule has 160 valence electrons. The Bertz CT molecular complexity index is 998.